The molecule has 1 aliphatic rings. The third-order valence-corrected chi connectivity index (χ3v) is 4.19. The Labute approximate surface area is 133 Å². The highest BCUT2D eigenvalue weighted by Crippen LogP contribution is 2.24. The summed E-state index contributed by atoms with van der Waals surface area (Å²) in [6.45, 7) is 9.14. The lowest BCUT2D eigenvalue weighted by Crippen LogP contribution is -2.41. The van der Waals surface area contributed by atoms with Crippen LogP contribution in [0.4, 0.5) is 0 Å². The van der Waals surface area contributed by atoms with Crippen LogP contribution in [0.5, 0.6) is 5.75 Å². The molecule has 0 spiro atoms. The van der Waals surface area contributed by atoms with Crippen LogP contribution >= 0.6 is 0 Å². The zero-order chi connectivity index (χ0) is 16.2. The van der Waals surface area contributed by atoms with Crippen LogP contribution in [0.15, 0.2) is 24.3 Å². The second kappa shape index (κ2) is 7.44. The Bertz CT molecular complexity index is 444. The summed E-state index contributed by atoms with van der Waals surface area (Å²) in [5.74, 6) is 0.793. The van der Waals surface area contributed by atoms with Crippen LogP contribution in [0.2, 0.25) is 0 Å². The first-order valence-electron chi connectivity index (χ1n) is 8.16. The molecule has 1 atom stereocenters. The van der Waals surface area contributed by atoms with Gasteiger partial charge in [-0.15, -0.1) is 0 Å². The van der Waals surface area contributed by atoms with Crippen molar-refractivity contribution in [3.05, 3.63) is 29.8 Å². The molecule has 2 N–H and O–H groups in total. The van der Waals surface area contributed by atoms with Crippen LogP contribution in [0.1, 0.15) is 39.2 Å². The first-order valence-corrected chi connectivity index (χ1v) is 8.16. The van der Waals surface area contributed by atoms with Gasteiger partial charge >= 0.3 is 0 Å². The Kier molecular flexibility index (Phi) is 5.84. The normalized spacial score (nSPS) is 19.1. The molecule has 1 heterocycles. The van der Waals surface area contributed by atoms with Crippen LogP contribution in [0.3, 0.4) is 0 Å². The molecule has 0 aromatic heterocycles. The zero-order valence-electron chi connectivity index (χ0n) is 14.0. The molecule has 0 aliphatic carbocycles. The maximum absolute atomic E-state index is 10.1. The van der Waals surface area contributed by atoms with Gasteiger partial charge in [0.05, 0.1) is 6.10 Å². The van der Waals surface area contributed by atoms with Crippen molar-refractivity contribution in [3.8, 4) is 5.75 Å². The minimum absolute atomic E-state index is 0.136. The molecule has 124 valence electrons. The van der Waals surface area contributed by atoms with Gasteiger partial charge in [-0.05, 0) is 36.0 Å². The van der Waals surface area contributed by atoms with Gasteiger partial charge in [-0.1, -0.05) is 32.9 Å². The summed E-state index contributed by atoms with van der Waals surface area (Å²) >= 11 is 0. The highest BCUT2D eigenvalue weighted by Gasteiger charge is 2.19. The summed E-state index contributed by atoms with van der Waals surface area (Å²) < 4.78 is 5.67. The molecule has 4 heteroatoms. The van der Waals surface area contributed by atoms with E-state index in [-0.39, 0.29) is 11.5 Å². The fourth-order valence-corrected chi connectivity index (χ4v) is 2.70. The molecule has 4 nitrogen and oxygen atoms in total. The second-order valence-corrected chi connectivity index (χ2v) is 7.27. The summed E-state index contributed by atoms with van der Waals surface area (Å²) in [6.07, 6.45) is 0.910. The van der Waals surface area contributed by atoms with Gasteiger partial charge in [0.1, 0.15) is 18.5 Å². The molecule has 0 bridgehead atoms. The van der Waals surface area contributed by atoms with E-state index in [0.29, 0.717) is 13.2 Å². The monoisotopic (exact) mass is 307 g/mol. The molecule has 2 rings (SSSR count). The van der Waals surface area contributed by atoms with E-state index in [1.165, 1.54) is 5.56 Å². The van der Waals surface area contributed by atoms with E-state index < -0.39 is 6.10 Å². The van der Waals surface area contributed by atoms with Crippen molar-refractivity contribution >= 4 is 0 Å². The van der Waals surface area contributed by atoms with Crippen LogP contribution < -0.4 is 4.74 Å². The van der Waals surface area contributed by atoms with E-state index in [1.54, 1.807) is 0 Å². The molecule has 1 fully saturated rings. The topological polar surface area (TPSA) is 52.9 Å². The number of hydrogen-bond acceptors (Lipinski definition) is 4. The lowest BCUT2D eigenvalue weighted by molar-refractivity contribution is 0.0337. The van der Waals surface area contributed by atoms with Gasteiger partial charge in [0.25, 0.3) is 0 Å². The average molecular weight is 307 g/mol. The summed E-state index contributed by atoms with van der Waals surface area (Å²) in [4.78, 5) is 2.18. The van der Waals surface area contributed by atoms with Crippen molar-refractivity contribution in [3.63, 3.8) is 0 Å². The number of piperidine rings is 1. The Morgan fingerprint density at radius 2 is 1.77 bits per heavy atom. The first-order chi connectivity index (χ1) is 10.3. The number of β-amino-alcohol motifs (C(OH)–C–C–N with tert-alkyl or cyclic N) is 1. The molecule has 1 aliphatic heterocycles. The highest BCUT2D eigenvalue weighted by molar-refractivity contribution is 5.31. The summed E-state index contributed by atoms with van der Waals surface area (Å²) in [5, 5.41) is 19.6. The van der Waals surface area contributed by atoms with E-state index in [9.17, 15) is 10.2 Å². The fourth-order valence-electron chi connectivity index (χ4n) is 2.70. The maximum Gasteiger partial charge on any atom is 0.119 e. The average Bonchev–Trinajstić information content (AvgIpc) is 2.47. The number of benzene rings is 1. The molecular formula is C18H29NO3. The standard InChI is InChI=1S/C18H29NO3/c1-18(2,3)14-4-6-17(7-5-14)22-13-16(21)12-19-10-8-15(20)9-11-19/h4-7,15-16,20-21H,8-13H2,1-3H3. The van der Waals surface area contributed by atoms with Crippen molar-refractivity contribution in [2.24, 2.45) is 0 Å². The summed E-state index contributed by atoms with van der Waals surface area (Å²) in [7, 11) is 0. The first kappa shape index (κ1) is 17.3. The van der Waals surface area contributed by atoms with Crippen LogP contribution in [-0.2, 0) is 5.41 Å². The van der Waals surface area contributed by atoms with E-state index in [1.807, 2.05) is 12.1 Å². The fraction of sp³-hybridized carbons (Fsp3) is 0.667. The van der Waals surface area contributed by atoms with Gasteiger partial charge in [0.15, 0.2) is 0 Å². The molecule has 22 heavy (non-hydrogen) atoms. The van der Waals surface area contributed by atoms with E-state index >= 15 is 0 Å². The molecule has 0 saturated carbocycles. The number of nitrogens with zero attached hydrogens (tertiary/aromatic N) is 1. The van der Waals surface area contributed by atoms with Gasteiger partial charge in [-0.25, -0.2) is 0 Å². The minimum Gasteiger partial charge on any atom is -0.491 e. The summed E-state index contributed by atoms with van der Waals surface area (Å²) in [6, 6.07) is 8.08. The van der Waals surface area contributed by atoms with Crippen molar-refractivity contribution in [2.75, 3.05) is 26.2 Å². The Balaban J connectivity index is 1.75. The SMILES string of the molecule is CC(C)(C)c1ccc(OCC(O)CN2CCC(O)CC2)cc1. The Morgan fingerprint density at radius 3 is 2.32 bits per heavy atom. The number of likely N-dealkylation sites (tertiary alicyclic amines) is 1. The number of ether oxygens (including phenoxy) is 1. The molecule has 0 radical (unpaired) electrons. The predicted octanol–water partition coefficient (Wildman–Crippen LogP) is 2.18. The van der Waals surface area contributed by atoms with E-state index in [4.69, 9.17) is 4.74 Å². The van der Waals surface area contributed by atoms with Crippen LogP contribution in [-0.4, -0.2) is 53.6 Å². The summed E-state index contributed by atoms with van der Waals surface area (Å²) in [5.41, 5.74) is 1.41. The smallest absolute Gasteiger partial charge is 0.119 e. The zero-order valence-corrected chi connectivity index (χ0v) is 14.0. The van der Waals surface area contributed by atoms with Crippen LogP contribution in [0.25, 0.3) is 0 Å². The lowest BCUT2D eigenvalue weighted by Gasteiger charge is -2.30. The number of hydrogen-bond donors (Lipinski definition) is 2. The molecule has 1 saturated heterocycles. The maximum atomic E-state index is 10.1. The van der Waals surface area contributed by atoms with Gasteiger partial charge in [-0.3, -0.25) is 0 Å². The largest absolute Gasteiger partial charge is 0.491 e. The number of rotatable bonds is 5. The van der Waals surface area contributed by atoms with Gasteiger partial charge in [-0.2, -0.15) is 0 Å². The molecule has 1 aromatic rings. The van der Waals surface area contributed by atoms with Crippen molar-refractivity contribution in [1.82, 2.24) is 4.90 Å². The molecule has 1 unspecified atom stereocenters. The van der Waals surface area contributed by atoms with Gasteiger partial charge in [0.2, 0.25) is 0 Å². The van der Waals surface area contributed by atoms with E-state index in [2.05, 4.69) is 37.8 Å². The third-order valence-electron chi connectivity index (χ3n) is 4.19. The van der Waals surface area contributed by atoms with Crippen molar-refractivity contribution < 1.29 is 14.9 Å². The van der Waals surface area contributed by atoms with Gasteiger partial charge in [0, 0.05) is 19.6 Å². The predicted molar refractivity (Wildman–Crippen MR) is 88.3 cm³/mol. The lowest BCUT2D eigenvalue weighted by atomic mass is 9.87. The van der Waals surface area contributed by atoms with Gasteiger partial charge < -0.3 is 19.8 Å². The molecular weight excluding hydrogens is 278 g/mol. The number of aliphatic hydroxyl groups is 2. The molecule has 1 aromatic carbocycles. The van der Waals surface area contributed by atoms with Crippen molar-refractivity contribution in [1.29, 1.82) is 0 Å². The highest BCUT2D eigenvalue weighted by atomic mass is 16.5. The number of aliphatic hydroxyl groups excluding tert-OH is 2. The third kappa shape index (κ3) is 5.27. The Morgan fingerprint density at radius 1 is 1.18 bits per heavy atom. The quantitative estimate of drug-likeness (QED) is 0.875. The Hall–Kier alpha value is -1.10. The second-order valence-electron chi connectivity index (χ2n) is 7.27. The van der Waals surface area contributed by atoms with Crippen LogP contribution in [0, 0.1) is 0 Å². The van der Waals surface area contributed by atoms with Crippen molar-refractivity contribution in [2.45, 2.75) is 51.2 Å². The van der Waals surface area contributed by atoms with E-state index in [0.717, 1.165) is 31.7 Å². The minimum atomic E-state index is -0.502. The molecule has 0 amide bonds.